The van der Waals surface area contributed by atoms with Crippen LogP contribution >= 0.6 is 27.5 Å². The van der Waals surface area contributed by atoms with Crippen LogP contribution in [0.3, 0.4) is 0 Å². The van der Waals surface area contributed by atoms with Crippen molar-refractivity contribution in [3.63, 3.8) is 0 Å². The molecule has 0 radical (unpaired) electrons. The summed E-state index contributed by atoms with van der Waals surface area (Å²) in [6, 6.07) is 8.65. The Bertz CT molecular complexity index is 765. The highest BCUT2D eigenvalue weighted by Gasteiger charge is 2.17. The molecule has 0 atom stereocenters. The second kappa shape index (κ2) is 5.71. The number of hydrogen-bond donors (Lipinski definition) is 1. The van der Waals surface area contributed by atoms with Crippen molar-refractivity contribution in [1.82, 2.24) is 0 Å². The van der Waals surface area contributed by atoms with Gasteiger partial charge in [0, 0.05) is 4.47 Å². The molecule has 7 heteroatoms. The molecular formula is C13H10BrClFNO2S. The minimum atomic E-state index is -3.79. The molecule has 0 bridgehead atoms. The minimum Gasteiger partial charge on any atom is -0.280 e. The van der Waals surface area contributed by atoms with Gasteiger partial charge >= 0.3 is 0 Å². The van der Waals surface area contributed by atoms with Gasteiger partial charge in [-0.15, -0.1) is 0 Å². The Morgan fingerprint density at radius 2 is 1.90 bits per heavy atom. The van der Waals surface area contributed by atoms with E-state index in [0.29, 0.717) is 10.0 Å². The fourth-order valence-electron chi connectivity index (χ4n) is 1.63. The molecule has 3 nitrogen and oxygen atoms in total. The Kier molecular flexibility index (Phi) is 4.36. The molecular weight excluding hydrogens is 369 g/mol. The van der Waals surface area contributed by atoms with Crippen LogP contribution in [0.4, 0.5) is 10.1 Å². The first kappa shape index (κ1) is 15.3. The maximum absolute atomic E-state index is 13.3. The van der Waals surface area contributed by atoms with Gasteiger partial charge < -0.3 is 0 Å². The fourth-order valence-corrected chi connectivity index (χ4v) is 3.58. The molecule has 106 valence electrons. The van der Waals surface area contributed by atoms with Gasteiger partial charge in [0.25, 0.3) is 10.0 Å². The molecule has 0 aliphatic heterocycles. The normalized spacial score (nSPS) is 11.4. The van der Waals surface area contributed by atoms with Gasteiger partial charge in [-0.05, 0) is 42.8 Å². The monoisotopic (exact) mass is 377 g/mol. The molecule has 0 aliphatic rings. The highest BCUT2D eigenvalue weighted by Crippen LogP contribution is 2.25. The Labute approximate surface area is 130 Å². The second-order valence-corrected chi connectivity index (χ2v) is 7.12. The average molecular weight is 379 g/mol. The van der Waals surface area contributed by atoms with Crippen molar-refractivity contribution in [2.45, 2.75) is 11.8 Å². The van der Waals surface area contributed by atoms with E-state index in [0.717, 1.165) is 6.07 Å². The first-order valence-corrected chi connectivity index (χ1v) is 8.19. The lowest BCUT2D eigenvalue weighted by atomic mass is 10.2. The van der Waals surface area contributed by atoms with Crippen molar-refractivity contribution in [2.24, 2.45) is 0 Å². The van der Waals surface area contributed by atoms with Gasteiger partial charge in [-0.3, -0.25) is 4.72 Å². The summed E-state index contributed by atoms with van der Waals surface area (Å²) in [7, 11) is -3.79. The third kappa shape index (κ3) is 3.31. The van der Waals surface area contributed by atoms with Crippen LogP contribution in [-0.2, 0) is 10.0 Å². The lowest BCUT2D eigenvalue weighted by Gasteiger charge is -2.11. The van der Waals surface area contributed by atoms with Crippen LogP contribution in [0.15, 0.2) is 45.8 Å². The maximum Gasteiger partial charge on any atom is 0.262 e. The smallest absolute Gasteiger partial charge is 0.262 e. The van der Waals surface area contributed by atoms with Crippen LogP contribution in [0.2, 0.25) is 5.02 Å². The summed E-state index contributed by atoms with van der Waals surface area (Å²) in [6.45, 7) is 1.68. The number of sulfonamides is 1. The van der Waals surface area contributed by atoms with Crippen molar-refractivity contribution in [2.75, 3.05) is 4.72 Å². The van der Waals surface area contributed by atoms with Crippen molar-refractivity contribution in [3.05, 3.63) is 57.3 Å². The number of rotatable bonds is 3. The topological polar surface area (TPSA) is 46.2 Å². The third-order valence-corrected chi connectivity index (χ3v) is 4.93. The molecule has 0 saturated heterocycles. The molecule has 0 heterocycles. The predicted molar refractivity (Wildman–Crippen MR) is 81.1 cm³/mol. The van der Waals surface area contributed by atoms with Crippen molar-refractivity contribution >= 4 is 43.2 Å². The molecule has 2 rings (SSSR count). The molecule has 0 unspecified atom stereocenters. The highest BCUT2D eigenvalue weighted by atomic mass is 79.9. The first-order valence-electron chi connectivity index (χ1n) is 5.53. The zero-order valence-electron chi connectivity index (χ0n) is 10.3. The summed E-state index contributed by atoms with van der Waals surface area (Å²) in [5.41, 5.74) is 0.710. The van der Waals surface area contributed by atoms with E-state index in [-0.39, 0.29) is 15.6 Å². The first-order chi connectivity index (χ1) is 9.29. The van der Waals surface area contributed by atoms with E-state index in [1.807, 2.05) is 0 Å². The number of anilines is 1. The van der Waals surface area contributed by atoms with Crippen LogP contribution in [0.25, 0.3) is 0 Å². The number of nitrogens with one attached hydrogen (secondary N) is 1. The molecule has 2 aromatic rings. The van der Waals surface area contributed by atoms with Crippen LogP contribution in [0.1, 0.15) is 5.56 Å². The van der Waals surface area contributed by atoms with E-state index in [2.05, 4.69) is 20.7 Å². The lowest BCUT2D eigenvalue weighted by Crippen LogP contribution is -2.14. The zero-order valence-corrected chi connectivity index (χ0v) is 13.5. The quantitative estimate of drug-likeness (QED) is 0.863. The van der Waals surface area contributed by atoms with Gasteiger partial charge in [0.15, 0.2) is 0 Å². The van der Waals surface area contributed by atoms with Gasteiger partial charge in [-0.1, -0.05) is 33.6 Å². The average Bonchev–Trinajstić information content (AvgIpc) is 2.36. The molecule has 0 fully saturated rings. The number of halogens is 3. The van der Waals surface area contributed by atoms with Gasteiger partial charge in [0.05, 0.1) is 15.6 Å². The summed E-state index contributed by atoms with van der Waals surface area (Å²) in [6.07, 6.45) is 0. The zero-order chi connectivity index (χ0) is 14.9. The lowest BCUT2D eigenvalue weighted by molar-refractivity contribution is 0.600. The molecule has 0 saturated carbocycles. The van der Waals surface area contributed by atoms with Crippen LogP contribution in [0.5, 0.6) is 0 Å². The van der Waals surface area contributed by atoms with Crippen molar-refractivity contribution < 1.29 is 12.8 Å². The predicted octanol–water partition coefficient (Wildman–Crippen LogP) is 4.35. The third-order valence-electron chi connectivity index (χ3n) is 2.61. The van der Waals surface area contributed by atoms with Crippen LogP contribution < -0.4 is 4.72 Å². The molecule has 0 spiro atoms. The van der Waals surface area contributed by atoms with E-state index < -0.39 is 15.8 Å². The Hall–Kier alpha value is -1.11. The highest BCUT2D eigenvalue weighted by molar-refractivity contribution is 9.10. The van der Waals surface area contributed by atoms with E-state index in [1.165, 1.54) is 18.2 Å². The molecule has 0 aromatic heterocycles. The number of aryl methyl sites for hydroxylation is 1. The summed E-state index contributed by atoms with van der Waals surface area (Å²) in [5.74, 6) is -0.683. The molecule has 2 aromatic carbocycles. The van der Waals surface area contributed by atoms with E-state index in [9.17, 15) is 12.8 Å². The van der Waals surface area contributed by atoms with Gasteiger partial charge in [-0.25, -0.2) is 12.8 Å². The molecule has 0 amide bonds. The van der Waals surface area contributed by atoms with Crippen molar-refractivity contribution in [3.8, 4) is 0 Å². The molecule has 20 heavy (non-hydrogen) atoms. The standard InChI is InChI=1S/C13H10BrClFNO2S/c1-8-2-3-9(14)6-13(8)20(18,19)17-10-4-5-11(15)12(16)7-10/h2-7,17H,1H3. The SMILES string of the molecule is Cc1ccc(Br)cc1S(=O)(=O)Nc1ccc(Cl)c(F)c1. The Balaban J connectivity index is 2.40. The summed E-state index contributed by atoms with van der Waals surface area (Å²) < 4.78 is 40.9. The maximum atomic E-state index is 13.3. The fraction of sp³-hybridized carbons (Fsp3) is 0.0769. The largest absolute Gasteiger partial charge is 0.280 e. The Morgan fingerprint density at radius 1 is 1.20 bits per heavy atom. The van der Waals surface area contributed by atoms with E-state index >= 15 is 0 Å². The van der Waals surface area contributed by atoms with Gasteiger partial charge in [-0.2, -0.15) is 0 Å². The van der Waals surface area contributed by atoms with Crippen molar-refractivity contribution in [1.29, 1.82) is 0 Å². The minimum absolute atomic E-state index is 0.0633. The summed E-state index contributed by atoms with van der Waals surface area (Å²) >= 11 is 8.78. The van der Waals surface area contributed by atoms with E-state index in [4.69, 9.17) is 11.6 Å². The molecule has 0 aliphatic carbocycles. The number of benzene rings is 2. The van der Waals surface area contributed by atoms with Gasteiger partial charge in [0.2, 0.25) is 0 Å². The Morgan fingerprint density at radius 3 is 2.55 bits per heavy atom. The summed E-state index contributed by atoms with van der Waals surface area (Å²) in [4.78, 5) is 0.127. The van der Waals surface area contributed by atoms with E-state index in [1.54, 1.807) is 19.1 Å². The number of hydrogen-bond acceptors (Lipinski definition) is 2. The van der Waals surface area contributed by atoms with Crippen LogP contribution in [0, 0.1) is 12.7 Å². The van der Waals surface area contributed by atoms with Gasteiger partial charge in [0.1, 0.15) is 5.82 Å². The second-order valence-electron chi connectivity index (χ2n) is 4.14. The molecule has 1 N–H and O–H groups in total. The van der Waals surface area contributed by atoms with Crippen LogP contribution in [-0.4, -0.2) is 8.42 Å². The summed E-state index contributed by atoms with van der Waals surface area (Å²) in [5, 5.41) is -0.0633.